The summed E-state index contributed by atoms with van der Waals surface area (Å²) in [6.45, 7) is 0. The van der Waals surface area contributed by atoms with E-state index in [1.54, 1.807) is 0 Å². The average Bonchev–Trinajstić information content (AvgIpc) is 1.88. The summed E-state index contributed by atoms with van der Waals surface area (Å²) in [7, 11) is 0. The van der Waals surface area contributed by atoms with Crippen LogP contribution < -0.4 is 0 Å². The lowest BCUT2D eigenvalue weighted by atomic mass is 9.96. The van der Waals surface area contributed by atoms with Crippen molar-refractivity contribution in [2.75, 3.05) is 0 Å². The van der Waals surface area contributed by atoms with Crippen LogP contribution in [0.5, 0.6) is 0 Å². The normalized spacial score (nSPS) is 33.7. The molecular weight excluding hydrogens is 154 g/mol. The van der Waals surface area contributed by atoms with E-state index in [4.69, 9.17) is 11.6 Å². The van der Waals surface area contributed by atoms with E-state index in [-0.39, 0.29) is 10.3 Å². The number of alkyl halides is 1. The Morgan fingerprint density at radius 2 is 2.00 bits per heavy atom. The first-order valence-electron chi connectivity index (χ1n) is 3.49. The van der Waals surface area contributed by atoms with Gasteiger partial charge < -0.3 is 0 Å². The van der Waals surface area contributed by atoms with Gasteiger partial charge in [-0.25, -0.2) is 0 Å². The Morgan fingerprint density at radius 3 is 2.40 bits per heavy atom. The van der Waals surface area contributed by atoms with Gasteiger partial charge in [0.1, 0.15) is 5.38 Å². The summed E-state index contributed by atoms with van der Waals surface area (Å²) in [6.07, 6.45) is 3.45. The van der Waals surface area contributed by atoms with Crippen molar-refractivity contribution < 1.29 is 4.92 Å². The number of halogens is 1. The minimum absolute atomic E-state index is 0.233. The molecule has 0 aliphatic heterocycles. The monoisotopic (exact) mass is 163 g/mol. The topological polar surface area (TPSA) is 43.1 Å². The van der Waals surface area contributed by atoms with Gasteiger partial charge in [0.2, 0.25) is 6.04 Å². The molecule has 1 aliphatic carbocycles. The molecule has 1 aliphatic rings. The van der Waals surface area contributed by atoms with Crippen LogP contribution in [-0.2, 0) is 0 Å². The molecule has 2 atom stereocenters. The van der Waals surface area contributed by atoms with Crippen LogP contribution >= 0.6 is 11.6 Å². The van der Waals surface area contributed by atoms with Gasteiger partial charge in [-0.05, 0) is 12.8 Å². The molecule has 10 heavy (non-hydrogen) atoms. The molecule has 1 rings (SSSR count). The molecule has 4 heteroatoms. The van der Waals surface area contributed by atoms with Crippen LogP contribution in [0.2, 0.25) is 0 Å². The van der Waals surface area contributed by atoms with Crippen LogP contribution in [0.15, 0.2) is 0 Å². The van der Waals surface area contributed by atoms with Crippen LogP contribution in [0.1, 0.15) is 25.7 Å². The molecule has 0 N–H and O–H groups in total. The SMILES string of the molecule is O=[N+]([O-])[C@@H]1CCCC[C@H]1Cl. The van der Waals surface area contributed by atoms with E-state index in [0.29, 0.717) is 6.42 Å². The Balaban J connectivity index is 2.47. The van der Waals surface area contributed by atoms with Gasteiger partial charge in [0, 0.05) is 11.3 Å². The first kappa shape index (κ1) is 7.79. The van der Waals surface area contributed by atoms with Crippen LogP contribution in [0.3, 0.4) is 0 Å². The third-order valence-corrected chi connectivity index (χ3v) is 2.43. The second kappa shape index (κ2) is 3.19. The molecule has 0 saturated heterocycles. The Hall–Kier alpha value is -0.310. The Kier molecular flexibility index (Phi) is 2.49. The van der Waals surface area contributed by atoms with Gasteiger partial charge in [-0.3, -0.25) is 10.1 Å². The Morgan fingerprint density at radius 1 is 1.40 bits per heavy atom. The first-order valence-corrected chi connectivity index (χ1v) is 3.93. The van der Waals surface area contributed by atoms with Crippen molar-refractivity contribution in [2.45, 2.75) is 37.1 Å². The summed E-state index contributed by atoms with van der Waals surface area (Å²) in [5, 5.41) is 10.1. The largest absolute Gasteiger partial charge is 0.264 e. The lowest BCUT2D eigenvalue weighted by Gasteiger charge is -2.19. The van der Waals surface area contributed by atoms with E-state index in [9.17, 15) is 10.1 Å². The summed E-state index contributed by atoms with van der Waals surface area (Å²) in [5.41, 5.74) is 0. The van der Waals surface area contributed by atoms with E-state index in [0.717, 1.165) is 19.3 Å². The number of nitrogens with zero attached hydrogens (tertiary/aromatic N) is 1. The summed E-state index contributed by atoms with van der Waals surface area (Å²) in [6, 6.07) is -0.490. The molecule has 0 aromatic rings. The van der Waals surface area contributed by atoms with E-state index < -0.39 is 6.04 Å². The zero-order valence-electron chi connectivity index (χ0n) is 5.62. The van der Waals surface area contributed by atoms with Crippen LogP contribution in [-0.4, -0.2) is 16.3 Å². The van der Waals surface area contributed by atoms with Crippen LogP contribution in [0, 0.1) is 10.1 Å². The third kappa shape index (κ3) is 1.59. The number of rotatable bonds is 1. The first-order chi connectivity index (χ1) is 4.72. The van der Waals surface area contributed by atoms with Gasteiger partial charge >= 0.3 is 0 Å². The van der Waals surface area contributed by atoms with E-state index in [1.165, 1.54) is 0 Å². The van der Waals surface area contributed by atoms with Crippen molar-refractivity contribution in [3.05, 3.63) is 10.1 Å². The number of hydrogen-bond donors (Lipinski definition) is 0. The maximum Gasteiger partial charge on any atom is 0.229 e. The second-order valence-corrected chi connectivity index (χ2v) is 3.21. The molecule has 0 unspecified atom stereocenters. The average molecular weight is 164 g/mol. The minimum atomic E-state index is -0.490. The third-order valence-electron chi connectivity index (χ3n) is 1.92. The van der Waals surface area contributed by atoms with Crippen molar-refractivity contribution in [2.24, 2.45) is 0 Å². The molecule has 0 bridgehead atoms. The zero-order chi connectivity index (χ0) is 7.56. The van der Waals surface area contributed by atoms with E-state index >= 15 is 0 Å². The fraction of sp³-hybridized carbons (Fsp3) is 1.00. The Labute approximate surface area is 64.5 Å². The van der Waals surface area contributed by atoms with E-state index in [2.05, 4.69) is 0 Å². The summed E-state index contributed by atoms with van der Waals surface area (Å²) >= 11 is 5.74. The second-order valence-electron chi connectivity index (χ2n) is 2.65. The fourth-order valence-corrected chi connectivity index (χ4v) is 1.68. The van der Waals surface area contributed by atoms with Crippen molar-refractivity contribution in [1.82, 2.24) is 0 Å². The van der Waals surface area contributed by atoms with Crippen molar-refractivity contribution >= 4 is 11.6 Å². The maximum atomic E-state index is 10.3. The minimum Gasteiger partial charge on any atom is -0.264 e. The molecule has 0 aromatic carbocycles. The predicted octanol–water partition coefficient (Wildman–Crippen LogP) is 1.81. The van der Waals surface area contributed by atoms with Gasteiger partial charge in [0.05, 0.1) is 0 Å². The molecule has 0 heterocycles. The molecule has 3 nitrogen and oxygen atoms in total. The van der Waals surface area contributed by atoms with Gasteiger partial charge in [0.15, 0.2) is 0 Å². The van der Waals surface area contributed by atoms with Crippen molar-refractivity contribution in [1.29, 1.82) is 0 Å². The molecule has 1 fully saturated rings. The number of hydrogen-bond acceptors (Lipinski definition) is 2. The molecule has 0 amide bonds. The van der Waals surface area contributed by atoms with E-state index in [1.807, 2.05) is 0 Å². The Bertz CT molecular complexity index is 140. The molecule has 0 radical (unpaired) electrons. The maximum absolute atomic E-state index is 10.3. The molecular formula is C6H10ClNO2. The number of nitro groups is 1. The van der Waals surface area contributed by atoms with Gasteiger partial charge in [0.25, 0.3) is 0 Å². The zero-order valence-corrected chi connectivity index (χ0v) is 6.38. The van der Waals surface area contributed by atoms with Crippen molar-refractivity contribution in [3.63, 3.8) is 0 Å². The van der Waals surface area contributed by atoms with Gasteiger partial charge in [-0.15, -0.1) is 11.6 Å². The summed E-state index contributed by atoms with van der Waals surface area (Å²) < 4.78 is 0. The quantitative estimate of drug-likeness (QED) is 0.336. The standard InChI is InChI=1S/C6H10ClNO2/c7-5-3-1-2-4-6(5)8(9)10/h5-6H,1-4H2/t5-,6-/m1/s1. The predicted molar refractivity (Wildman–Crippen MR) is 38.9 cm³/mol. The lowest BCUT2D eigenvalue weighted by Crippen LogP contribution is -2.32. The molecule has 0 spiro atoms. The van der Waals surface area contributed by atoms with Gasteiger partial charge in [-0.1, -0.05) is 6.42 Å². The molecule has 0 aromatic heterocycles. The van der Waals surface area contributed by atoms with Gasteiger partial charge in [-0.2, -0.15) is 0 Å². The van der Waals surface area contributed by atoms with Crippen LogP contribution in [0.4, 0.5) is 0 Å². The molecule has 58 valence electrons. The van der Waals surface area contributed by atoms with Crippen LogP contribution in [0.25, 0.3) is 0 Å². The summed E-state index contributed by atoms with van der Waals surface area (Å²) in [5.74, 6) is 0. The fourth-order valence-electron chi connectivity index (χ4n) is 1.30. The summed E-state index contributed by atoms with van der Waals surface area (Å²) in [4.78, 5) is 10.0. The molecule has 1 saturated carbocycles. The van der Waals surface area contributed by atoms with Crippen molar-refractivity contribution in [3.8, 4) is 0 Å². The highest BCUT2D eigenvalue weighted by Crippen LogP contribution is 2.24. The highest BCUT2D eigenvalue weighted by molar-refractivity contribution is 6.21. The highest BCUT2D eigenvalue weighted by Gasteiger charge is 2.31. The smallest absolute Gasteiger partial charge is 0.229 e. The highest BCUT2D eigenvalue weighted by atomic mass is 35.5. The lowest BCUT2D eigenvalue weighted by molar-refractivity contribution is -0.525.